The minimum Gasteiger partial charge on any atom is -0.399 e. The van der Waals surface area contributed by atoms with Crippen LogP contribution in [-0.2, 0) is 11.2 Å². The van der Waals surface area contributed by atoms with Crippen molar-refractivity contribution in [1.82, 2.24) is 25.3 Å². The van der Waals surface area contributed by atoms with E-state index in [-0.39, 0.29) is 12.3 Å². The quantitative estimate of drug-likeness (QED) is 0.337. The number of nitrogens with zero attached hydrogens (tertiary/aromatic N) is 4. The highest BCUT2D eigenvalue weighted by Gasteiger charge is 2.18. The van der Waals surface area contributed by atoms with Gasteiger partial charge in [0, 0.05) is 41.6 Å². The maximum Gasteiger partial charge on any atom is 0.229 e. The zero-order valence-corrected chi connectivity index (χ0v) is 18.0. The lowest BCUT2D eigenvalue weighted by molar-refractivity contribution is -0.115. The average Bonchev–Trinajstić information content (AvgIpc) is 3.32. The number of amides is 1. The number of pyridine rings is 2. The number of rotatable bonds is 6. The lowest BCUT2D eigenvalue weighted by Crippen LogP contribution is -2.23. The molecule has 1 saturated heterocycles. The van der Waals surface area contributed by atoms with Crippen LogP contribution in [0.1, 0.15) is 12.0 Å². The van der Waals surface area contributed by atoms with Gasteiger partial charge in [0.05, 0.1) is 18.1 Å². The van der Waals surface area contributed by atoms with Crippen LogP contribution in [0.4, 0.5) is 17.3 Å². The number of anilines is 3. The number of hydrogen-bond donors (Lipinski definition) is 4. The average molecular weight is 441 g/mol. The van der Waals surface area contributed by atoms with E-state index in [0.717, 1.165) is 47.4 Å². The molecule has 0 spiro atoms. The molecule has 1 amide bonds. The van der Waals surface area contributed by atoms with Gasteiger partial charge in [-0.3, -0.25) is 9.78 Å². The molecule has 9 nitrogen and oxygen atoms in total. The molecule has 0 unspecified atom stereocenters. The Bertz CT molecular complexity index is 1300. The van der Waals surface area contributed by atoms with Gasteiger partial charge in [-0.05, 0) is 48.9 Å². The van der Waals surface area contributed by atoms with E-state index < -0.39 is 0 Å². The largest absolute Gasteiger partial charge is 0.399 e. The van der Waals surface area contributed by atoms with E-state index in [9.17, 15) is 4.79 Å². The van der Waals surface area contributed by atoms with Crippen LogP contribution in [0.2, 0.25) is 0 Å². The first-order chi connectivity index (χ1) is 16.1. The van der Waals surface area contributed by atoms with E-state index in [1.807, 2.05) is 24.3 Å². The molecule has 0 aliphatic carbocycles. The second-order valence-corrected chi connectivity index (χ2v) is 8.02. The van der Waals surface area contributed by atoms with Gasteiger partial charge in [0.2, 0.25) is 5.91 Å². The van der Waals surface area contributed by atoms with Crippen LogP contribution in [0.3, 0.4) is 0 Å². The second kappa shape index (κ2) is 9.17. The number of benzene rings is 1. The van der Waals surface area contributed by atoms with E-state index >= 15 is 0 Å². The van der Waals surface area contributed by atoms with Gasteiger partial charge in [0.25, 0.3) is 0 Å². The summed E-state index contributed by atoms with van der Waals surface area (Å²) >= 11 is 0. The van der Waals surface area contributed by atoms with Crippen LogP contribution in [0.5, 0.6) is 0 Å². The molecule has 1 aromatic carbocycles. The molecule has 1 aliphatic rings. The number of nitrogens with one attached hydrogen (secondary N) is 3. The molecule has 1 fully saturated rings. The first-order valence-corrected chi connectivity index (χ1v) is 10.8. The molecule has 1 aliphatic heterocycles. The minimum absolute atomic E-state index is 0.176. The van der Waals surface area contributed by atoms with E-state index in [4.69, 9.17) is 15.7 Å². The number of carbonyl (C=O) groups is 1. The van der Waals surface area contributed by atoms with Crippen LogP contribution in [-0.4, -0.2) is 45.0 Å². The smallest absolute Gasteiger partial charge is 0.229 e. The van der Waals surface area contributed by atoms with E-state index in [2.05, 4.69) is 25.9 Å². The summed E-state index contributed by atoms with van der Waals surface area (Å²) in [5, 5.41) is 10.7. The van der Waals surface area contributed by atoms with Crippen LogP contribution in [0.15, 0.2) is 61.1 Å². The fourth-order valence-electron chi connectivity index (χ4n) is 3.90. The van der Waals surface area contributed by atoms with Crippen molar-refractivity contribution < 1.29 is 4.79 Å². The van der Waals surface area contributed by atoms with Gasteiger partial charge in [0.1, 0.15) is 11.6 Å². The monoisotopic (exact) mass is 440 g/mol. The Kier molecular flexibility index (Phi) is 5.77. The Labute approximate surface area is 190 Å². The first kappa shape index (κ1) is 20.8. The lowest BCUT2D eigenvalue weighted by Gasteiger charge is -2.15. The predicted octanol–water partition coefficient (Wildman–Crippen LogP) is 2.62. The molecule has 166 valence electrons. The van der Waals surface area contributed by atoms with Gasteiger partial charge in [-0.1, -0.05) is 12.1 Å². The molecule has 5 rings (SSSR count). The highest BCUT2D eigenvalue weighted by molar-refractivity contribution is 5.92. The fourth-order valence-corrected chi connectivity index (χ4v) is 3.90. The van der Waals surface area contributed by atoms with Gasteiger partial charge < -0.3 is 21.7 Å². The number of hydrogen-bond acceptors (Lipinski definition) is 8. The van der Waals surface area contributed by atoms with Crippen molar-refractivity contribution >= 4 is 34.1 Å². The van der Waals surface area contributed by atoms with Gasteiger partial charge in [-0.15, -0.1) is 0 Å². The lowest BCUT2D eigenvalue weighted by atomic mass is 10.1. The molecule has 3 aromatic heterocycles. The van der Waals surface area contributed by atoms with E-state index in [1.165, 1.54) is 0 Å². The van der Waals surface area contributed by atoms with Crippen LogP contribution in [0.25, 0.3) is 22.3 Å². The summed E-state index contributed by atoms with van der Waals surface area (Å²) in [6, 6.07) is 13.1. The summed E-state index contributed by atoms with van der Waals surface area (Å²) < 4.78 is 0. The number of nitrogens with two attached hydrogens (primary N) is 1. The fraction of sp³-hybridized carbons (Fsp3) is 0.208. The minimum atomic E-state index is -0.176. The first-order valence-electron chi connectivity index (χ1n) is 10.8. The maximum absolute atomic E-state index is 12.5. The topological polar surface area (TPSA) is 131 Å². The third-order valence-electron chi connectivity index (χ3n) is 5.50. The van der Waals surface area contributed by atoms with Crippen molar-refractivity contribution in [3.8, 4) is 11.4 Å². The SMILES string of the molecule is Nc1cccc(CC(=O)Nc2cc(-c3nc(N[C@@H]4CCNC4)c4ccncc4n3)ccn2)c1. The molecule has 4 aromatic rings. The highest BCUT2D eigenvalue weighted by atomic mass is 16.1. The van der Waals surface area contributed by atoms with Gasteiger partial charge >= 0.3 is 0 Å². The highest BCUT2D eigenvalue weighted by Crippen LogP contribution is 2.26. The second-order valence-electron chi connectivity index (χ2n) is 8.02. The summed E-state index contributed by atoms with van der Waals surface area (Å²) in [4.78, 5) is 30.5. The summed E-state index contributed by atoms with van der Waals surface area (Å²) in [6.45, 7) is 1.88. The Hall–Kier alpha value is -4.11. The van der Waals surface area contributed by atoms with Gasteiger partial charge in [-0.2, -0.15) is 0 Å². The summed E-state index contributed by atoms with van der Waals surface area (Å²) in [5.41, 5.74) is 8.77. The van der Waals surface area contributed by atoms with Crippen LogP contribution >= 0.6 is 0 Å². The Morgan fingerprint density at radius 3 is 2.94 bits per heavy atom. The molecule has 4 heterocycles. The predicted molar refractivity (Wildman–Crippen MR) is 129 cm³/mol. The van der Waals surface area contributed by atoms with Crippen molar-refractivity contribution in [3.63, 3.8) is 0 Å². The van der Waals surface area contributed by atoms with Gasteiger partial charge in [0.15, 0.2) is 5.82 Å². The maximum atomic E-state index is 12.5. The van der Waals surface area contributed by atoms with E-state index in [1.54, 1.807) is 36.8 Å². The zero-order chi connectivity index (χ0) is 22.6. The van der Waals surface area contributed by atoms with Crippen molar-refractivity contribution in [1.29, 1.82) is 0 Å². The molecule has 0 saturated carbocycles. The van der Waals surface area contributed by atoms with Crippen molar-refractivity contribution in [2.24, 2.45) is 0 Å². The van der Waals surface area contributed by atoms with Crippen molar-refractivity contribution in [3.05, 3.63) is 66.6 Å². The zero-order valence-electron chi connectivity index (χ0n) is 18.0. The standard InChI is InChI=1S/C24H24N8O/c25-17-3-1-2-15(10-17)11-22(33)31-21-12-16(4-9-28-21)23-30-20-14-27-8-6-19(20)24(32-23)29-18-5-7-26-13-18/h1-4,6,8-10,12,14,18,26H,5,7,11,13,25H2,(H,28,31,33)(H,29,30,32)/t18-/m1/s1. The Morgan fingerprint density at radius 1 is 1.15 bits per heavy atom. The van der Waals surface area contributed by atoms with E-state index in [0.29, 0.717) is 23.4 Å². The number of aromatic nitrogens is 4. The van der Waals surface area contributed by atoms with Crippen LogP contribution in [0, 0.1) is 0 Å². The molecule has 33 heavy (non-hydrogen) atoms. The third-order valence-corrected chi connectivity index (χ3v) is 5.50. The Balaban J connectivity index is 1.40. The van der Waals surface area contributed by atoms with Gasteiger partial charge in [-0.25, -0.2) is 15.0 Å². The number of nitrogen functional groups attached to an aromatic ring is 1. The number of carbonyl (C=O) groups excluding carboxylic acids is 1. The molecular weight excluding hydrogens is 416 g/mol. The molecule has 1 atom stereocenters. The normalized spacial score (nSPS) is 15.5. The summed E-state index contributed by atoms with van der Waals surface area (Å²) in [5.74, 6) is 1.57. The molecule has 5 N–H and O–H groups in total. The summed E-state index contributed by atoms with van der Waals surface area (Å²) in [7, 11) is 0. The Morgan fingerprint density at radius 2 is 2.09 bits per heavy atom. The molecule has 0 bridgehead atoms. The van der Waals surface area contributed by atoms with Crippen molar-refractivity contribution in [2.75, 3.05) is 29.5 Å². The van der Waals surface area contributed by atoms with Crippen LogP contribution < -0.4 is 21.7 Å². The molecule has 0 radical (unpaired) electrons. The third kappa shape index (κ3) is 4.88. The van der Waals surface area contributed by atoms with Crippen molar-refractivity contribution in [2.45, 2.75) is 18.9 Å². The summed E-state index contributed by atoms with van der Waals surface area (Å²) in [6.07, 6.45) is 6.34. The molecule has 9 heteroatoms. The number of fused-ring (bicyclic) bond motifs is 1. The molecular formula is C24H24N8O.